The first-order valence-corrected chi connectivity index (χ1v) is 13.0. The van der Waals surface area contributed by atoms with E-state index < -0.39 is 0 Å². The summed E-state index contributed by atoms with van der Waals surface area (Å²) in [6.45, 7) is 8.09. The van der Waals surface area contributed by atoms with Crippen molar-refractivity contribution >= 4 is 50.4 Å². The first kappa shape index (κ1) is 25.6. The minimum atomic E-state index is -0.222. The van der Waals surface area contributed by atoms with Crippen LogP contribution in [-0.4, -0.2) is 27.7 Å². The molecule has 34 heavy (non-hydrogen) atoms. The number of ketones is 1. The van der Waals surface area contributed by atoms with Gasteiger partial charge in [0.05, 0.1) is 27.0 Å². The van der Waals surface area contributed by atoms with Crippen LogP contribution in [-0.2, 0) is 4.79 Å². The third kappa shape index (κ3) is 6.53. The molecule has 2 heterocycles. The number of primary amides is 1. The summed E-state index contributed by atoms with van der Waals surface area (Å²) in [5.74, 6) is 0.779. The molecule has 3 aromatic rings. The number of rotatable bonds is 8. The summed E-state index contributed by atoms with van der Waals surface area (Å²) in [6, 6.07) is 8.07. The molecule has 1 aliphatic carbocycles. The molecular weight excluding hydrogens is 446 g/mol. The number of hydrogen-bond acceptors (Lipinski definition) is 7. The average molecular weight is 482 g/mol. The van der Waals surface area contributed by atoms with Gasteiger partial charge >= 0.3 is 0 Å². The van der Waals surface area contributed by atoms with Crippen molar-refractivity contribution in [3.05, 3.63) is 41.5 Å². The molecule has 1 saturated carbocycles. The second-order valence-electron chi connectivity index (χ2n) is 8.82. The summed E-state index contributed by atoms with van der Waals surface area (Å²) in [5.41, 5.74) is 10.6. The molecule has 0 aliphatic heterocycles. The normalized spacial score (nSPS) is 17.7. The minimum absolute atomic E-state index is 0.0456. The van der Waals surface area contributed by atoms with Crippen molar-refractivity contribution in [1.29, 1.82) is 0 Å². The number of nitrogens with one attached hydrogen (secondary N) is 2. The number of aromatic nitrogens is 2. The van der Waals surface area contributed by atoms with Gasteiger partial charge in [0.25, 0.3) is 0 Å². The lowest BCUT2D eigenvalue weighted by molar-refractivity contribution is -0.122. The molecule has 1 aromatic carbocycles. The molecule has 4 rings (SSSR count). The Kier molecular flexibility index (Phi) is 8.98. The average Bonchev–Trinajstić information content (AvgIpc) is 3.28. The fraction of sp³-hybridized carbons (Fsp3) is 0.462. The number of amides is 1. The van der Waals surface area contributed by atoms with E-state index in [-0.39, 0.29) is 29.6 Å². The number of thiazole rings is 1. The molecule has 4 N–H and O–H groups in total. The molecule has 1 aliphatic rings. The number of nitrogens with two attached hydrogens (primary N) is 1. The highest BCUT2D eigenvalue weighted by atomic mass is 32.1. The van der Waals surface area contributed by atoms with Gasteiger partial charge in [-0.05, 0) is 63.6 Å². The van der Waals surface area contributed by atoms with E-state index >= 15 is 0 Å². The Labute approximate surface area is 205 Å². The molecule has 2 aromatic heterocycles. The lowest BCUT2D eigenvalue weighted by Crippen LogP contribution is -2.28. The number of benzene rings is 1. The zero-order valence-electron chi connectivity index (χ0n) is 20.4. The molecule has 0 bridgehead atoms. The molecule has 182 valence electrons. The van der Waals surface area contributed by atoms with Crippen molar-refractivity contribution < 1.29 is 9.59 Å². The Morgan fingerprint density at radius 2 is 1.85 bits per heavy atom. The van der Waals surface area contributed by atoms with Crippen molar-refractivity contribution in [1.82, 2.24) is 9.97 Å². The highest BCUT2D eigenvalue weighted by Gasteiger charge is 2.27. The largest absolute Gasteiger partial charge is 0.382 e. The van der Waals surface area contributed by atoms with Crippen LogP contribution in [0.4, 0.5) is 17.2 Å². The summed E-state index contributed by atoms with van der Waals surface area (Å²) in [6.07, 6.45) is 5.40. The molecule has 7 nitrogen and oxygen atoms in total. The summed E-state index contributed by atoms with van der Waals surface area (Å²) < 4.78 is 1.10. The third-order valence-electron chi connectivity index (χ3n) is 5.98. The van der Waals surface area contributed by atoms with Crippen molar-refractivity contribution in [3.8, 4) is 0 Å². The van der Waals surface area contributed by atoms with Crippen molar-refractivity contribution in [3.63, 3.8) is 0 Å². The zero-order chi connectivity index (χ0) is 24.7. The third-order valence-corrected chi connectivity index (χ3v) is 6.77. The van der Waals surface area contributed by atoms with Gasteiger partial charge in [-0.25, -0.2) is 9.97 Å². The smallest absolute Gasteiger partial charge is 0.220 e. The molecule has 0 radical (unpaired) electrons. The second kappa shape index (κ2) is 11.9. The summed E-state index contributed by atoms with van der Waals surface area (Å²) in [5, 5.41) is 6.73. The molecule has 1 fully saturated rings. The van der Waals surface area contributed by atoms with E-state index in [0.717, 1.165) is 47.3 Å². The van der Waals surface area contributed by atoms with Crippen LogP contribution in [0.5, 0.6) is 0 Å². The summed E-state index contributed by atoms with van der Waals surface area (Å²) >= 11 is 1.59. The van der Waals surface area contributed by atoms with E-state index in [9.17, 15) is 9.59 Å². The molecule has 0 saturated heterocycles. The molecule has 0 unspecified atom stereocenters. The first-order chi connectivity index (χ1) is 16.4. The van der Waals surface area contributed by atoms with E-state index in [4.69, 9.17) is 5.73 Å². The van der Waals surface area contributed by atoms with E-state index in [0.29, 0.717) is 17.8 Å². The van der Waals surface area contributed by atoms with Gasteiger partial charge in [-0.15, -0.1) is 11.3 Å². The van der Waals surface area contributed by atoms with Gasteiger partial charge in [-0.2, -0.15) is 0 Å². The number of hydrogen-bond donors (Lipinski definition) is 3. The lowest BCUT2D eigenvalue weighted by Gasteiger charge is -2.26. The van der Waals surface area contributed by atoms with Gasteiger partial charge in [0, 0.05) is 36.3 Å². The maximum Gasteiger partial charge on any atom is 0.220 e. The zero-order valence-corrected chi connectivity index (χ0v) is 21.2. The first-order valence-electron chi connectivity index (χ1n) is 12.1. The van der Waals surface area contributed by atoms with Crippen LogP contribution in [0.3, 0.4) is 0 Å². The fourth-order valence-electron chi connectivity index (χ4n) is 4.28. The standard InChI is InChI=1S/C24H29N5O2S.C2H6/c1-14(2)28-20-11-23(29-17-7-8-19-22(10-17)32-13-27-19)26-12-18(20)21(30)9-15-3-5-16(6-4-15)24(25)31;1-2/h7-8,10-16H,3-6,9H2,1-2H3,(H2,25,31)(H2,26,28,29);1-2H3. The van der Waals surface area contributed by atoms with Crippen LogP contribution in [0.15, 0.2) is 36.0 Å². The summed E-state index contributed by atoms with van der Waals surface area (Å²) in [7, 11) is 0. The van der Waals surface area contributed by atoms with E-state index in [1.807, 2.05) is 57.5 Å². The van der Waals surface area contributed by atoms with E-state index in [1.165, 1.54) is 0 Å². The molecule has 0 spiro atoms. The van der Waals surface area contributed by atoms with Crippen molar-refractivity contribution in [2.75, 3.05) is 10.6 Å². The van der Waals surface area contributed by atoms with Gasteiger partial charge in [0.1, 0.15) is 5.82 Å². The van der Waals surface area contributed by atoms with Crippen molar-refractivity contribution in [2.45, 2.75) is 65.8 Å². The minimum Gasteiger partial charge on any atom is -0.382 e. The van der Waals surface area contributed by atoms with Gasteiger partial charge in [0.2, 0.25) is 5.91 Å². The van der Waals surface area contributed by atoms with E-state index in [1.54, 1.807) is 17.5 Å². The predicted octanol–water partition coefficient (Wildman–Crippen LogP) is 6.15. The van der Waals surface area contributed by atoms with Crippen LogP contribution >= 0.6 is 11.3 Å². The maximum atomic E-state index is 13.1. The van der Waals surface area contributed by atoms with Crippen LogP contribution in [0, 0.1) is 11.8 Å². The van der Waals surface area contributed by atoms with Gasteiger partial charge in [-0.1, -0.05) is 13.8 Å². The van der Waals surface area contributed by atoms with Gasteiger partial charge in [0.15, 0.2) is 5.78 Å². The highest BCUT2D eigenvalue weighted by Crippen LogP contribution is 2.33. The Morgan fingerprint density at radius 3 is 2.53 bits per heavy atom. The quantitative estimate of drug-likeness (QED) is 0.333. The van der Waals surface area contributed by atoms with Gasteiger partial charge in [-0.3, -0.25) is 9.59 Å². The van der Waals surface area contributed by atoms with Crippen LogP contribution in [0.2, 0.25) is 0 Å². The molecule has 8 heteroatoms. The van der Waals surface area contributed by atoms with E-state index in [2.05, 4.69) is 20.6 Å². The lowest BCUT2D eigenvalue weighted by atomic mass is 9.79. The Bertz CT molecular complexity index is 1120. The fourth-order valence-corrected chi connectivity index (χ4v) is 5.00. The monoisotopic (exact) mass is 481 g/mol. The van der Waals surface area contributed by atoms with Gasteiger partial charge < -0.3 is 16.4 Å². The molecule has 1 amide bonds. The maximum absolute atomic E-state index is 13.1. The Morgan fingerprint density at radius 1 is 1.12 bits per heavy atom. The van der Waals surface area contributed by atoms with Crippen LogP contribution in [0.1, 0.15) is 70.2 Å². The number of carbonyl (C=O) groups excluding carboxylic acids is 2. The number of nitrogens with zero attached hydrogens (tertiary/aromatic N) is 2. The Balaban J connectivity index is 0.00000158. The Hall–Kier alpha value is -3.00. The topological polar surface area (TPSA) is 110 Å². The number of fused-ring (bicyclic) bond motifs is 1. The number of pyridine rings is 1. The highest BCUT2D eigenvalue weighted by molar-refractivity contribution is 7.16. The number of anilines is 3. The van der Waals surface area contributed by atoms with Crippen molar-refractivity contribution in [2.24, 2.45) is 17.6 Å². The number of carbonyl (C=O) groups is 2. The predicted molar refractivity (Wildman–Crippen MR) is 141 cm³/mol. The molecular formula is C26H35N5O2S. The summed E-state index contributed by atoms with van der Waals surface area (Å²) in [4.78, 5) is 33.3. The van der Waals surface area contributed by atoms with Crippen LogP contribution in [0.25, 0.3) is 10.2 Å². The second-order valence-corrected chi connectivity index (χ2v) is 9.71. The number of Topliss-reactive ketones (excluding diaryl/α,β-unsaturated/α-hetero) is 1. The molecule has 0 atom stereocenters. The SMILES string of the molecule is CC.CC(C)Nc1cc(Nc2ccc3ncsc3c2)ncc1C(=O)CC1CCC(C(N)=O)CC1. The van der Waals surface area contributed by atoms with Crippen LogP contribution < -0.4 is 16.4 Å².